The number of hydrogen-bond donors (Lipinski definition) is 1. The molecule has 0 bridgehead atoms. The first-order valence-electron chi connectivity index (χ1n) is 4.52. The first-order valence-corrected chi connectivity index (χ1v) is 5.28. The SMILES string of the molecule is O=C(O)Cc1nnn(-c2cc(Cl)ccc2Cl)n1. The number of carboxylic acid groups (broad SMARTS) is 1. The van der Waals surface area contributed by atoms with Crippen LogP contribution in [-0.4, -0.2) is 31.3 Å². The van der Waals surface area contributed by atoms with Crippen molar-refractivity contribution in [3.8, 4) is 5.69 Å². The van der Waals surface area contributed by atoms with E-state index in [1.54, 1.807) is 18.2 Å². The van der Waals surface area contributed by atoms with Crippen LogP contribution in [0.15, 0.2) is 18.2 Å². The predicted molar refractivity (Wildman–Crippen MR) is 60.5 cm³/mol. The Hall–Kier alpha value is -1.66. The van der Waals surface area contributed by atoms with Crippen molar-refractivity contribution < 1.29 is 9.90 Å². The van der Waals surface area contributed by atoms with Gasteiger partial charge in [0.05, 0.1) is 5.02 Å². The summed E-state index contributed by atoms with van der Waals surface area (Å²) >= 11 is 11.8. The lowest BCUT2D eigenvalue weighted by molar-refractivity contribution is -0.136. The van der Waals surface area contributed by atoms with E-state index in [0.717, 1.165) is 4.80 Å². The van der Waals surface area contributed by atoms with Gasteiger partial charge in [-0.1, -0.05) is 23.2 Å². The molecule has 0 spiro atoms. The molecule has 6 nitrogen and oxygen atoms in total. The largest absolute Gasteiger partial charge is 0.481 e. The number of carboxylic acids is 1. The number of aromatic nitrogens is 4. The van der Waals surface area contributed by atoms with Gasteiger partial charge in [-0.3, -0.25) is 4.79 Å². The second-order valence-corrected chi connectivity index (χ2v) is 4.00. The van der Waals surface area contributed by atoms with Gasteiger partial charge in [0.1, 0.15) is 12.1 Å². The minimum Gasteiger partial charge on any atom is -0.481 e. The fourth-order valence-electron chi connectivity index (χ4n) is 1.19. The lowest BCUT2D eigenvalue weighted by Gasteiger charge is -2.01. The molecule has 0 radical (unpaired) electrons. The molecule has 0 unspecified atom stereocenters. The number of nitrogens with zero attached hydrogens (tertiary/aromatic N) is 4. The van der Waals surface area contributed by atoms with Gasteiger partial charge in [-0.2, -0.15) is 0 Å². The monoisotopic (exact) mass is 272 g/mol. The van der Waals surface area contributed by atoms with Crippen molar-refractivity contribution in [3.05, 3.63) is 34.1 Å². The summed E-state index contributed by atoms with van der Waals surface area (Å²) < 4.78 is 0. The predicted octanol–water partition coefficient (Wildman–Crippen LogP) is 1.60. The van der Waals surface area contributed by atoms with E-state index in [1.165, 1.54) is 0 Å². The summed E-state index contributed by atoms with van der Waals surface area (Å²) in [5.74, 6) is -0.921. The van der Waals surface area contributed by atoms with Crippen LogP contribution in [0.3, 0.4) is 0 Å². The number of halogens is 2. The lowest BCUT2D eigenvalue weighted by Crippen LogP contribution is -2.03. The minimum atomic E-state index is -1.03. The van der Waals surface area contributed by atoms with Gasteiger partial charge >= 0.3 is 5.97 Å². The van der Waals surface area contributed by atoms with Gasteiger partial charge < -0.3 is 5.11 Å². The molecular weight excluding hydrogens is 267 g/mol. The van der Waals surface area contributed by atoms with Gasteiger partial charge in [0.15, 0.2) is 5.82 Å². The minimum absolute atomic E-state index is 0.105. The second-order valence-electron chi connectivity index (χ2n) is 3.16. The van der Waals surface area contributed by atoms with Crippen molar-refractivity contribution in [2.24, 2.45) is 0 Å². The molecule has 0 aliphatic rings. The van der Waals surface area contributed by atoms with Crippen LogP contribution in [0, 0.1) is 0 Å². The smallest absolute Gasteiger partial charge is 0.311 e. The molecule has 1 aromatic heterocycles. The molecule has 0 fully saturated rings. The Morgan fingerprint density at radius 1 is 1.41 bits per heavy atom. The van der Waals surface area contributed by atoms with E-state index in [1.807, 2.05) is 0 Å². The highest BCUT2D eigenvalue weighted by molar-refractivity contribution is 6.34. The molecule has 17 heavy (non-hydrogen) atoms. The zero-order valence-corrected chi connectivity index (χ0v) is 9.85. The molecule has 1 N–H and O–H groups in total. The molecule has 0 saturated heterocycles. The number of carbonyl (C=O) groups is 1. The highest BCUT2D eigenvalue weighted by atomic mass is 35.5. The first kappa shape index (κ1) is 11.8. The van der Waals surface area contributed by atoms with E-state index < -0.39 is 5.97 Å². The molecule has 2 aromatic rings. The van der Waals surface area contributed by atoms with Crippen LogP contribution in [-0.2, 0) is 11.2 Å². The Kier molecular flexibility index (Phi) is 3.26. The van der Waals surface area contributed by atoms with Gasteiger partial charge in [-0.25, -0.2) is 0 Å². The summed E-state index contributed by atoms with van der Waals surface area (Å²) in [6, 6.07) is 4.79. The van der Waals surface area contributed by atoms with Crippen LogP contribution < -0.4 is 0 Å². The summed E-state index contributed by atoms with van der Waals surface area (Å²) in [5, 5.41) is 20.7. The summed E-state index contributed by atoms with van der Waals surface area (Å²) in [5.41, 5.74) is 0.448. The maximum atomic E-state index is 10.5. The normalized spacial score (nSPS) is 10.5. The van der Waals surface area contributed by atoms with Crippen LogP contribution in [0.5, 0.6) is 0 Å². The molecule has 0 saturated carbocycles. The van der Waals surface area contributed by atoms with E-state index in [9.17, 15) is 4.79 Å². The number of aliphatic carboxylic acids is 1. The summed E-state index contributed by atoms with van der Waals surface area (Å²) in [7, 11) is 0. The van der Waals surface area contributed by atoms with E-state index in [2.05, 4.69) is 15.4 Å². The molecule has 88 valence electrons. The third kappa shape index (κ3) is 2.72. The van der Waals surface area contributed by atoms with Crippen LogP contribution in [0.2, 0.25) is 10.0 Å². The molecule has 0 aliphatic heterocycles. The number of tetrazole rings is 1. The number of rotatable bonds is 3. The molecule has 0 amide bonds. The summed E-state index contributed by atoms with van der Waals surface area (Å²) in [4.78, 5) is 11.6. The molecule has 0 atom stereocenters. The average molecular weight is 273 g/mol. The van der Waals surface area contributed by atoms with E-state index in [-0.39, 0.29) is 12.2 Å². The van der Waals surface area contributed by atoms with Crippen LogP contribution >= 0.6 is 23.2 Å². The Bertz CT molecular complexity index is 570. The van der Waals surface area contributed by atoms with E-state index >= 15 is 0 Å². The maximum absolute atomic E-state index is 10.5. The van der Waals surface area contributed by atoms with E-state index in [0.29, 0.717) is 15.7 Å². The molecule has 1 aromatic carbocycles. The van der Waals surface area contributed by atoms with Crippen molar-refractivity contribution in [3.63, 3.8) is 0 Å². The standard InChI is InChI=1S/C9H6Cl2N4O2/c10-5-1-2-6(11)7(3-5)15-13-8(12-14-15)4-9(16)17/h1-3H,4H2,(H,16,17). The van der Waals surface area contributed by atoms with Crippen molar-refractivity contribution >= 4 is 29.2 Å². The third-order valence-electron chi connectivity index (χ3n) is 1.89. The number of benzene rings is 1. The van der Waals surface area contributed by atoms with Crippen molar-refractivity contribution in [1.29, 1.82) is 0 Å². The summed E-state index contributed by atoms with van der Waals surface area (Å²) in [6.07, 6.45) is -0.293. The molecule has 0 aliphatic carbocycles. The van der Waals surface area contributed by atoms with Crippen molar-refractivity contribution in [2.45, 2.75) is 6.42 Å². The zero-order chi connectivity index (χ0) is 12.4. The van der Waals surface area contributed by atoms with Gasteiger partial charge in [-0.15, -0.1) is 15.0 Å². The highest BCUT2D eigenvalue weighted by Gasteiger charge is 2.11. The quantitative estimate of drug-likeness (QED) is 0.918. The Morgan fingerprint density at radius 2 is 2.18 bits per heavy atom. The molecule has 1 heterocycles. The zero-order valence-electron chi connectivity index (χ0n) is 8.34. The van der Waals surface area contributed by atoms with Gasteiger partial charge in [-0.05, 0) is 23.4 Å². The maximum Gasteiger partial charge on any atom is 0.311 e. The van der Waals surface area contributed by atoms with Gasteiger partial charge in [0.2, 0.25) is 0 Å². The van der Waals surface area contributed by atoms with Gasteiger partial charge in [0.25, 0.3) is 0 Å². The first-order chi connectivity index (χ1) is 8.06. The third-order valence-corrected chi connectivity index (χ3v) is 2.44. The topological polar surface area (TPSA) is 80.9 Å². The average Bonchev–Trinajstić information content (AvgIpc) is 2.69. The Balaban J connectivity index is 2.36. The molecular formula is C9H6Cl2N4O2. The summed E-state index contributed by atoms with van der Waals surface area (Å²) in [6.45, 7) is 0. The number of hydrogen-bond acceptors (Lipinski definition) is 4. The van der Waals surface area contributed by atoms with E-state index in [4.69, 9.17) is 28.3 Å². The fraction of sp³-hybridized carbons (Fsp3) is 0.111. The van der Waals surface area contributed by atoms with Gasteiger partial charge in [0, 0.05) is 5.02 Å². The molecule has 2 rings (SSSR count). The van der Waals surface area contributed by atoms with Crippen LogP contribution in [0.4, 0.5) is 0 Å². The van der Waals surface area contributed by atoms with Crippen molar-refractivity contribution in [2.75, 3.05) is 0 Å². The Labute approximate surface area is 106 Å². The van der Waals surface area contributed by atoms with Crippen molar-refractivity contribution in [1.82, 2.24) is 20.2 Å². The molecule has 8 heteroatoms. The van der Waals surface area contributed by atoms with Crippen LogP contribution in [0.1, 0.15) is 5.82 Å². The second kappa shape index (κ2) is 4.68. The highest BCUT2D eigenvalue weighted by Crippen LogP contribution is 2.22. The fourth-order valence-corrected chi connectivity index (χ4v) is 1.55. The lowest BCUT2D eigenvalue weighted by atomic mass is 10.3. The Morgan fingerprint density at radius 3 is 2.88 bits per heavy atom. The van der Waals surface area contributed by atoms with Crippen LogP contribution in [0.25, 0.3) is 5.69 Å².